The quantitative estimate of drug-likeness (QED) is 0.132. The average Bonchev–Trinajstić information content (AvgIpc) is 3.19. The molecule has 0 aliphatic rings. The molecule has 0 fully saturated rings. The molecule has 6 aromatic carbocycles. The van der Waals surface area contributed by atoms with E-state index in [1.165, 1.54) is 0 Å². The third-order valence-electron chi connectivity index (χ3n) is 12.2. The molecule has 0 aliphatic carbocycles. The van der Waals surface area contributed by atoms with Crippen molar-refractivity contribution in [3.8, 4) is 11.5 Å². The van der Waals surface area contributed by atoms with Crippen molar-refractivity contribution < 1.29 is 55.0 Å². The number of benzene rings is 6. The number of aromatic hydroxyl groups is 2. The van der Waals surface area contributed by atoms with Crippen LogP contribution in [0.25, 0.3) is 0 Å². The Balaban J connectivity index is 0.000000310. The van der Waals surface area contributed by atoms with Gasteiger partial charge in [0.05, 0.1) is 11.9 Å². The summed E-state index contributed by atoms with van der Waals surface area (Å²) in [6.07, 6.45) is 0. The molecule has 6 aromatic rings. The van der Waals surface area contributed by atoms with E-state index in [0.29, 0.717) is 22.3 Å². The van der Waals surface area contributed by atoms with E-state index in [-0.39, 0.29) is 47.6 Å². The minimum Gasteiger partial charge on any atom is -0.545 e. The maximum absolute atomic E-state index is 12.0. The fourth-order valence-electron chi connectivity index (χ4n) is 8.33. The summed E-state index contributed by atoms with van der Waals surface area (Å²) in [7, 11) is 0. The number of carbonyl (C=O) groups excluding carboxylic acids is 2. The topological polar surface area (TPSA) is 152 Å². The van der Waals surface area contributed by atoms with Crippen molar-refractivity contribution in [2.24, 2.45) is 0 Å². The molecule has 0 heterocycles. The summed E-state index contributed by atoms with van der Waals surface area (Å²) >= 11 is 0. The first-order valence-corrected chi connectivity index (χ1v) is 19.6. The van der Waals surface area contributed by atoms with Crippen LogP contribution in [0, 0.1) is 13.8 Å². The Morgan fingerprint density at radius 2 is 0.617 bits per heavy atom. The van der Waals surface area contributed by atoms with Gasteiger partial charge in [-0.1, -0.05) is 189 Å². The number of carboxylic acid groups (broad SMARTS) is 2. The molecule has 0 aromatic heterocycles. The first kappa shape index (κ1) is 48.8. The van der Waals surface area contributed by atoms with Gasteiger partial charge in [-0.05, 0) is 58.4 Å². The molecule has 8 heteroatoms. The second kappa shape index (κ2) is 18.8. The van der Waals surface area contributed by atoms with Crippen molar-refractivity contribution in [3.05, 3.63) is 200 Å². The molecular weight excluding hydrogens is 802 g/mol. The van der Waals surface area contributed by atoms with Crippen LogP contribution < -0.4 is 10.2 Å². The van der Waals surface area contributed by atoms with Crippen LogP contribution in [0.15, 0.2) is 133 Å². The summed E-state index contributed by atoms with van der Waals surface area (Å²) in [6, 6.07) is 43.4. The van der Waals surface area contributed by atoms with E-state index in [1.807, 2.05) is 161 Å². The molecule has 60 heavy (non-hydrogen) atoms. The van der Waals surface area contributed by atoms with Gasteiger partial charge in [0, 0.05) is 43.9 Å². The Bertz CT molecular complexity index is 2100. The van der Waals surface area contributed by atoms with Gasteiger partial charge in [0.1, 0.15) is 11.5 Å². The number of rotatable bonds is 10. The number of phenols is 2. The Morgan fingerprint density at radius 1 is 0.417 bits per heavy atom. The predicted octanol–water partition coefficient (Wildman–Crippen LogP) is 8.60. The smallest absolute Gasteiger partial charge is 0.545 e. The van der Waals surface area contributed by atoms with Crippen LogP contribution in [-0.2, 0) is 41.1 Å². The van der Waals surface area contributed by atoms with Crippen LogP contribution in [0.3, 0.4) is 0 Å². The van der Waals surface area contributed by atoms with Gasteiger partial charge in [-0.25, -0.2) is 0 Å². The number of aromatic carboxylic acids is 2. The third kappa shape index (κ3) is 9.26. The van der Waals surface area contributed by atoms with Gasteiger partial charge in [-0.3, -0.25) is 0 Å². The van der Waals surface area contributed by atoms with E-state index in [9.17, 15) is 30.0 Å². The summed E-state index contributed by atoms with van der Waals surface area (Å²) in [5.74, 6) is -3.17. The van der Waals surface area contributed by atoms with Crippen molar-refractivity contribution in [1.82, 2.24) is 0 Å². The molecule has 0 saturated heterocycles. The molecule has 0 radical (unpaired) electrons. The van der Waals surface area contributed by atoms with Crippen LogP contribution in [-0.4, -0.2) is 27.6 Å². The SMILES string of the molecule is Cc1c(C(C)(C)c2ccccc2)cc(C(C)(C)c2ccccc2)c(O)c1C(=O)[O-].Cc1c(C(C)(C)c2ccccc2)cc(C(C)(C)c2ccccc2)c(O)c1C(=O)[O-].O.[Zn+2]. The van der Waals surface area contributed by atoms with Crippen molar-refractivity contribution in [2.45, 2.75) is 90.9 Å². The van der Waals surface area contributed by atoms with Crippen LogP contribution in [0.2, 0.25) is 0 Å². The third-order valence-corrected chi connectivity index (χ3v) is 12.2. The molecule has 0 saturated carbocycles. The van der Waals surface area contributed by atoms with E-state index < -0.39 is 33.6 Å². The Labute approximate surface area is 367 Å². The Morgan fingerprint density at radius 3 is 0.817 bits per heavy atom. The van der Waals surface area contributed by atoms with Gasteiger partial charge in [0.25, 0.3) is 0 Å². The Kier molecular flexibility index (Phi) is 15.3. The largest absolute Gasteiger partial charge is 2.00 e. The molecular formula is C52H56O7Zn. The molecule has 0 amide bonds. The number of hydrogen-bond donors (Lipinski definition) is 2. The van der Waals surface area contributed by atoms with Crippen molar-refractivity contribution >= 4 is 11.9 Å². The van der Waals surface area contributed by atoms with Crippen LogP contribution in [0.5, 0.6) is 11.5 Å². The van der Waals surface area contributed by atoms with Crippen LogP contribution >= 0.6 is 0 Å². The zero-order chi connectivity index (χ0) is 42.8. The molecule has 6 rings (SSSR count). The molecule has 0 atom stereocenters. The van der Waals surface area contributed by atoms with Crippen molar-refractivity contribution in [3.63, 3.8) is 0 Å². The van der Waals surface area contributed by atoms with Crippen molar-refractivity contribution in [1.29, 1.82) is 0 Å². The van der Waals surface area contributed by atoms with E-state index in [2.05, 4.69) is 27.7 Å². The van der Waals surface area contributed by atoms with Crippen molar-refractivity contribution in [2.75, 3.05) is 0 Å². The Hall–Kier alpha value is -5.56. The number of carbonyl (C=O) groups is 2. The molecule has 0 unspecified atom stereocenters. The molecule has 308 valence electrons. The minimum absolute atomic E-state index is 0. The molecule has 4 N–H and O–H groups in total. The molecule has 0 spiro atoms. The standard InChI is InChI=1S/2C26H28O3.H2O.Zn/c2*1-17-20(25(2,3)18-12-8-6-9-13-18)16-21(23(27)22(17)24(28)29)26(4,5)19-14-10-7-11-15-19;;/h2*6-16,27H,1-5H3,(H,28,29);1H2;/q;;;+2/p-2. The first-order valence-electron chi connectivity index (χ1n) is 19.6. The molecule has 7 nitrogen and oxygen atoms in total. The van der Waals surface area contributed by atoms with Gasteiger partial charge in [-0.15, -0.1) is 0 Å². The average molecular weight is 858 g/mol. The van der Waals surface area contributed by atoms with Crippen LogP contribution in [0.4, 0.5) is 0 Å². The van der Waals surface area contributed by atoms with Gasteiger partial charge in [0.15, 0.2) is 0 Å². The summed E-state index contributed by atoms with van der Waals surface area (Å²) in [5.41, 5.74) is 5.70. The zero-order valence-corrected chi connectivity index (χ0v) is 39.4. The predicted molar refractivity (Wildman–Crippen MR) is 232 cm³/mol. The van der Waals surface area contributed by atoms with E-state index >= 15 is 0 Å². The summed E-state index contributed by atoms with van der Waals surface area (Å²) in [5, 5.41) is 46.0. The molecule has 0 aliphatic heterocycles. The summed E-state index contributed by atoms with van der Waals surface area (Å²) in [6.45, 7) is 19.7. The zero-order valence-electron chi connectivity index (χ0n) is 36.4. The monoisotopic (exact) mass is 856 g/mol. The van der Waals surface area contributed by atoms with Gasteiger partial charge in [-0.2, -0.15) is 0 Å². The summed E-state index contributed by atoms with van der Waals surface area (Å²) in [4.78, 5) is 24.0. The van der Waals surface area contributed by atoms with E-state index in [4.69, 9.17) is 0 Å². The van der Waals surface area contributed by atoms with E-state index in [0.717, 1.165) is 33.4 Å². The second-order valence-corrected chi connectivity index (χ2v) is 17.2. The first-order chi connectivity index (χ1) is 27.2. The second-order valence-electron chi connectivity index (χ2n) is 17.2. The number of hydrogen-bond acceptors (Lipinski definition) is 6. The number of carboxylic acids is 2. The summed E-state index contributed by atoms with van der Waals surface area (Å²) < 4.78 is 0. The van der Waals surface area contributed by atoms with Gasteiger partial charge < -0.3 is 35.5 Å². The molecule has 0 bridgehead atoms. The van der Waals surface area contributed by atoms with E-state index in [1.54, 1.807) is 13.8 Å². The maximum atomic E-state index is 12.0. The van der Waals surface area contributed by atoms with Crippen LogP contribution in [0.1, 0.15) is 132 Å². The van der Waals surface area contributed by atoms with Gasteiger partial charge in [0.2, 0.25) is 0 Å². The maximum Gasteiger partial charge on any atom is 2.00 e. The van der Waals surface area contributed by atoms with Gasteiger partial charge >= 0.3 is 19.5 Å². The fourth-order valence-corrected chi connectivity index (χ4v) is 8.33. The minimum atomic E-state index is -1.36. The normalized spacial score (nSPS) is 11.6. The fraction of sp³-hybridized carbons (Fsp3) is 0.269.